The fraction of sp³-hybridized carbons (Fsp3) is 0.160. The minimum Gasteiger partial charge on any atom is -0.368 e. The highest BCUT2D eigenvalue weighted by Gasteiger charge is 2.18. The van der Waals surface area contributed by atoms with Gasteiger partial charge in [-0.25, -0.2) is 9.97 Å². The van der Waals surface area contributed by atoms with E-state index in [4.69, 9.17) is 11.5 Å². The molecular weight excluding hydrogens is 406 g/mol. The van der Waals surface area contributed by atoms with Crippen LogP contribution in [-0.2, 0) is 6.42 Å². The molecule has 2 heterocycles. The van der Waals surface area contributed by atoms with Gasteiger partial charge in [-0.15, -0.1) is 12.4 Å². The lowest BCUT2D eigenvalue weighted by Crippen LogP contribution is -2.13. The largest absolute Gasteiger partial charge is 0.368 e. The molecule has 0 aliphatic rings. The first-order valence-electron chi connectivity index (χ1n) is 10.1. The van der Waals surface area contributed by atoms with Crippen LogP contribution in [0, 0.1) is 6.92 Å². The first-order chi connectivity index (χ1) is 14.6. The predicted molar refractivity (Wildman–Crippen MR) is 129 cm³/mol. The summed E-state index contributed by atoms with van der Waals surface area (Å²) in [6.07, 6.45) is 4.98. The van der Waals surface area contributed by atoms with E-state index in [2.05, 4.69) is 58.3 Å². The molecule has 4 N–H and O–H groups in total. The second-order valence-corrected chi connectivity index (χ2v) is 7.41. The lowest BCUT2D eigenvalue weighted by Gasteiger charge is -2.17. The zero-order valence-corrected chi connectivity index (χ0v) is 18.2. The van der Waals surface area contributed by atoms with Gasteiger partial charge in [0.2, 0.25) is 5.95 Å². The third kappa shape index (κ3) is 5.26. The molecule has 2 aromatic heterocycles. The van der Waals surface area contributed by atoms with E-state index in [0.717, 1.165) is 40.1 Å². The van der Waals surface area contributed by atoms with E-state index in [0.29, 0.717) is 6.42 Å². The predicted octanol–water partition coefficient (Wildman–Crippen LogP) is 5.15. The molecule has 0 aliphatic heterocycles. The number of nitrogens with two attached hydrogens (primary N) is 2. The highest BCUT2D eigenvalue weighted by Crippen LogP contribution is 2.35. The molecule has 0 spiro atoms. The van der Waals surface area contributed by atoms with Crippen molar-refractivity contribution in [2.45, 2.75) is 25.8 Å². The Hall–Kier alpha value is -3.28. The Morgan fingerprint density at radius 1 is 0.871 bits per heavy atom. The molecule has 0 saturated carbocycles. The molecule has 31 heavy (non-hydrogen) atoms. The molecule has 0 saturated heterocycles. The fourth-order valence-corrected chi connectivity index (χ4v) is 3.69. The van der Waals surface area contributed by atoms with Gasteiger partial charge in [-0.3, -0.25) is 4.98 Å². The van der Waals surface area contributed by atoms with E-state index in [9.17, 15) is 0 Å². The summed E-state index contributed by atoms with van der Waals surface area (Å²) < 4.78 is 0. The van der Waals surface area contributed by atoms with Gasteiger partial charge >= 0.3 is 0 Å². The third-order valence-corrected chi connectivity index (χ3v) is 5.18. The quantitative estimate of drug-likeness (QED) is 0.440. The normalized spacial score (nSPS) is 11.5. The number of benzene rings is 2. The molecule has 2 aromatic carbocycles. The second-order valence-electron chi connectivity index (χ2n) is 7.41. The van der Waals surface area contributed by atoms with E-state index in [1.807, 2.05) is 30.3 Å². The number of nitrogens with zero attached hydrogens (tertiary/aromatic N) is 3. The molecule has 0 fully saturated rings. The molecule has 158 valence electrons. The molecule has 0 bridgehead atoms. The van der Waals surface area contributed by atoms with Crippen LogP contribution in [0.2, 0.25) is 0 Å². The average molecular weight is 432 g/mol. The molecule has 0 aliphatic carbocycles. The minimum absolute atomic E-state index is 0. The van der Waals surface area contributed by atoms with Crippen molar-refractivity contribution < 1.29 is 0 Å². The van der Waals surface area contributed by atoms with Crippen molar-refractivity contribution in [3.63, 3.8) is 0 Å². The Balaban J connectivity index is 0.00000272. The summed E-state index contributed by atoms with van der Waals surface area (Å²) >= 11 is 0. The van der Waals surface area contributed by atoms with Gasteiger partial charge in [-0.1, -0.05) is 60.2 Å². The van der Waals surface area contributed by atoms with Crippen LogP contribution in [0.25, 0.3) is 22.4 Å². The van der Waals surface area contributed by atoms with Crippen molar-refractivity contribution in [3.8, 4) is 22.4 Å². The van der Waals surface area contributed by atoms with Crippen LogP contribution in [0.4, 0.5) is 5.95 Å². The second kappa shape index (κ2) is 10.2. The van der Waals surface area contributed by atoms with Gasteiger partial charge < -0.3 is 11.5 Å². The van der Waals surface area contributed by atoms with Crippen molar-refractivity contribution in [3.05, 3.63) is 95.9 Å². The maximum atomic E-state index is 6.46. The van der Waals surface area contributed by atoms with Gasteiger partial charge in [-0.05, 0) is 43.0 Å². The lowest BCUT2D eigenvalue weighted by atomic mass is 9.93. The number of halogens is 1. The van der Waals surface area contributed by atoms with Gasteiger partial charge in [0.05, 0.1) is 11.4 Å². The Morgan fingerprint density at radius 3 is 2.32 bits per heavy atom. The van der Waals surface area contributed by atoms with Crippen molar-refractivity contribution in [1.82, 2.24) is 15.0 Å². The number of nitrogen functional groups attached to an aromatic ring is 1. The SMILES string of the molecule is Cc1cccc(-c2c(CCC(N)c3ccccc3)nc(N)nc2-c2ccncc2)c1.Cl. The number of pyridine rings is 1. The molecule has 1 unspecified atom stereocenters. The van der Waals surface area contributed by atoms with Crippen molar-refractivity contribution in [2.75, 3.05) is 5.73 Å². The van der Waals surface area contributed by atoms with Gasteiger partial charge in [0, 0.05) is 29.6 Å². The summed E-state index contributed by atoms with van der Waals surface area (Å²) in [6.45, 7) is 2.08. The first kappa shape index (κ1) is 22.4. The smallest absolute Gasteiger partial charge is 0.220 e. The van der Waals surface area contributed by atoms with Crippen LogP contribution >= 0.6 is 12.4 Å². The summed E-state index contributed by atoms with van der Waals surface area (Å²) in [7, 11) is 0. The summed E-state index contributed by atoms with van der Waals surface area (Å²) in [5.41, 5.74) is 19.6. The van der Waals surface area contributed by atoms with Crippen LogP contribution in [-0.4, -0.2) is 15.0 Å². The third-order valence-electron chi connectivity index (χ3n) is 5.18. The Morgan fingerprint density at radius 2 is 1.61 bits per heavy atom. The van der Waals surface area contributed by atoms with Crippen molar-refractivity contribution in [1.29, 1.82) is 0 Å². The molecule has 1 atom stereocenters. The molecule has 0 radical (unpaired) electrons. The summed E-state index contributed by atoms with van der Waals surface area (Å²) in [5, 5.41) is 0. The van der Waals surface area contributed by atoms with Crippen molar-refractivity contribution >= 4 is 18.4 Å². The van der Waals surface area contributed by atoms with E-state index >= 15 is 0 Å². The van der Waals surface area contributed by atoms with Crippen LogP contribution in [0.3, 0.4) is 0 Å². The van der Waals surface area contributed by atoms with Gasteiger partial charge in [0.1, 0.15) is 0 Å². The summed E-state index contributed by atoms with van der Waals surface area (Å²) in [4.78, 5) is 13.4. The van der Waals surface area contributed by atoms with Crippen LogP contribution in [0.15, 0.2) is 79.1 Å². The van der Waals surface area contributed by atoms with Gasteiger partial charge in [-0.2, -0.15) is 0 Å². The van der Waals surface area contributed by atoms with E-state index in [-0.39, 0.29) is 24.4 Å². The Kier molecular flexibility index (Phi) is 7.34. The number of anilines is 1. The highest BCUT2D eigenvalue weighted by atomic mass is 35.5. The lowest BCUT2D eigenvalue weighted by molar-refractivity contribution is 0.644. The molecule has 6 heteroatoms. The fourth-order valence-electron chi connectivity index (χ4n) is 3.69. The number of hydrogen-bond donors (Lipinski definition) is 2. The van der Waals surface area contributed by atoms with Crippen LogP contribution < -0.4 is 11.5 Å². The van der Waals surface area contributed by atoms with E-state index < -0.39 is 0 Å². The monoisotopic (exact) mass is 431 g/mol. The zero-order valence-electron chi connectivity index (χ0n) is 17.4. The summed E-state index contributed by atoms with van der Waals surface area (Å²) in [6, 6.07) is 22.3. The van der Waals surface area contributed by atoms with E-state index in [1.165, 1.54) is 5.56 Å². The Labute approximate surface area is 189 Å². The number of rotatable bonds is 6. The van der Waals surface area contributed by atoms with Crippen LogP contribution in [0.5, 0.6) is 0 Å². The number of aryl methyl sites for hydroxylation is 2. The maximum Gasteiger partial charge on any atom is 0.220 e. The molecule has 4 aromatic rings. The Bertz CT molecular complexity index is 1130. The zero-order chi connectivity index (χ0) is 20.9. The summed E-state index contributed by atoms with van der Waals surface area (Å²) in [5.74, 6) is 0.265. The average Bonchev–Trinajstić information content (AvgIpc) is 2.78. The topological polar surface area (TPSA) is 90.7 Å². The van der Waals surface area contributed by atoms with Gasteiger partial charge in [0.25, 0.3) is 0 Å². The highest BCUT2D eigenvalue weighted by molar-refractivity contribution is 5.85. The van der Waals surface area contributed by atoms with Gasteiger partial charge in [0.15, 0.2) is 0 Å². The molecular formula is C25H26ClN5. The maximum absolute atomic E-state index is 6.46. The van der Waals surface area contributed by atoms with Crippen LogP contribution in [0.1, 0.15) is 29.3 Å². The molecule has 4 rings (SSSR count). The molecule has 0 amide bonds. The standard InChI is InChI=1S/C25H25N5.ClH/c1-17-6-5-9-20(16-17)23-22(11-10-21(26)18-7-3-2-4-8-18)29-25(27)30-24(23)19-12-14-28-15-13-19;/h2-9,12-16,21H,10-11,26H2,1H3,(H2,27,29,30);1H. The van der Waals surface area contributed by atoms with Crippen molar-refractivity contribution in [2.24, 2.45) is 5.73 Å². The number of hydrogen-bond acceptors (Lipinski definition) is 5. The number of aromatic nitrogens is 3. The molecule has 5 nitrogen and oxygen atoms in total. The first-order valence-corrected chi connectivity index (χ1v) is 10.1. The van der Waals surface area contributed by atoms with E-state index in [1.54, 1.807) is 12.4 Å². The minimum atomic E-state index is -0.0721.